The number of carboxylic acid groups (broad SMARTS) is 1. The van der Waals surface area contributed by atoms with Crippen molar-refractivity contribution in [3.05, 3.63) is 65.6 Å². The van der Waals surface area contributed by atoms with Crippen molar-refractivity contribution in [3.63, 3.8) is 0 Å². The van der Waals surface area contributed by atoms with Gasteiger partial charge in [-0.25, -0.2) is 9.37 Å². The van der Waals surface area contributed by atoms with Gasteiger partial charge in [-0.3, -0.25) is 9.59 Å². The molecule has 3 heterocycles. The monoisotopic (exact) mass is 655 g/mol. The van der Waals surface area contributed by atoms with E-state index in [0.29, 0.717) is 40.2 Å². The van der Waals surface area contributed by atoms with Crippen LogP contribution in [0.15, 0.2) is 49.2 Å². The van der Waals surface area contributed by atoms with E-state index in [0.717, 1.165) is 44.7 Å². The minimum atomic E-state index is -1.34. The lowest BCUT2D eigenvalue weighted by atomic mass is 9.96. The number of ether oxygens (including phenoxy) is 1. The summed E-state index contributed by atoms with van der Waals surface area (Å²) >= 11 is 6.04. The van der Waals surface area contributed by atoms with Crippen LogP contribution in [0.1, 0.15) is 38.7 Å². The lowest BCUT2D eigenvalue weighted by molar-refractivity contribution is -0.122. The molecule has 1 amide bonds. The molecule has 0 aliphatic carbocycles. The lowest BCUT2D eigenvalue weighted by Gasteiger charge is -2.37. The van der Waals surface area contributed by atoms with Crippen LogP contribution in [0, 0.1) is 5.82 Å². The van der Waals surface area contributed by atoms with Crippen molar-refractivity contribution in [2.24, 2.45) is 0 Å². The molecule has 0 bridgehead atoms. The Morgan fingerprint density at radius 3 is 2.54 bits per heavy atom. The molecule has 0 spiro atoms. The Morgan fingerprint density at radius 1 is 1.17 bits per heavy atom. The summed E-state index contributed by atoms with van der Waals surface area (Å²) in [4.78, 5) is 34.5. The van der Waals surface area contributed by atoms with E-state index in [-0.39, 0.29) is 23.4 Å². The summed E-state index contributed by atoms with van der Waals surface area (Å²) in [6, 6.07) is 8.31. The Bertz CT molecular complexity index is 1560. The fourth-order valence-corrected chi connectivity index (χ4v) is 5.63. The van der Waals surface area contributed by atoms with E-state index in [4.69, 9.17) is 26.2 Å². The number of likely N-dealkylation sites (tertiary alicyclic amines) is 1. The van der Waals surface area contributed by atoms with Gasteiger partial charge in [0.1, 0.15) is 17.4 Å². The number of benzene rings is 2. The van der Waals surface area contributed by atoms with Gasteiger partial charge >= 0.3 is 0 Å². The van der Waals surface area contributed by atoms with E-state index in [2.05, 4.69) is 42.3 Å². The first kappa shape index (κ1) is 34.4. The molecule has 2 aromatic carbocycles. The van der Waals surface area contributed by atoms with Gasteiger partial charge in [-0.05, 0) is 76.5 Å². The summed E-state index contributed by atoms with van der Waals surface area (Å²) in [5.74, 6) is 0.223. The Labute approximate surface area is 272 Å². The molecule has 46 heavy (non-hydrogen) atoms. The summed E-state index contributed by atoms with van der Waals surface area (Å²) in [5, 5.41) is 26.7. The van der Waals surface area contributed by atoms with E-state index in [1.54, 1.807) is 33.2 Å². The Kier molecular flexibility index (Phi) is 11.4. The Hall–Kier alpha value is -4.46. The van der Waals surface area contributed by atoms with Crippen molar-refractivity contribution >= 4 is 58.5 Å². The van der Waals surface area contributed by atoms with E-state index in [9.17, 15) is 14.3 Å². The standard InChI is InChI=1S/C31H37ClFN7O3.CH2O2/c1-5-29(41)36-24-16-25(27(43-4)17-26(24)40-13-6-8-19(40)18-39-11-7-12-39)37-30-34-10-9-28(38-30)35-23-15-21(32)22(33)14-20(23)31(2,3)42;2-1-3/h5,9-10,14-17,19,42H,1,6-8,11-13,18H2,2-4H3,(H,36,41)(H2,34,35,37,38);1H,(H,2,3). The molecule has 1 aromatic heterocycles. The highest BCUT2D eigenvalue weighted by atomic mass is 35.5. The quantitative estimate of drug-likeness (QED) is 0.132. The Morgan fingerprint density at radius 2 is 1.91 bits per heavy atom. The zero-order valence-corrected chi connectivity index (χ0v) is 26.8. The maximum atomic E-state index is 14.2. The molecule has 5 rings (SSSR count). The first-order chi connectivity index (χ1) is 22.0. The fourth-order valence-electron chi connectivity index (χ4n) is 5.47. The SMILES string of the molecule is C=CC(=O)Nc1cc(Nc2nccc(Nc3cc(Cl)c(F)cc3C(C)(C)O)n2)c(OC)cc1N1CCCC1CN1CCC1.O=CO. The predicted octanol–water partition coefficient (Wildman–Crippen LogP) is 5.49. The molecule has 5 N–H and O–H groups in total. The number of rotatable bonds is 11. The van der Waals surface area contributed by atoms with E-state index in [1.807, 2.05) is 12.1 Å². The van der Waals surface area contributed by atoms with Gasteiger partial charge in [-0.1, -0.05) is 18.2 Å². The van der Waals surface area contributed by atoms with Crippen molar-refractivity contribution in [2.45, 2.75) is 44.8 Å². The molecule has 0 radical (unpaired) electrons. The molecule has 2 aliphatic rings. The molecule has 2 fully saturated rings. The van der Waals surface area contributed by atoms with Crippen LogP contribution in [0.4, 0.5) is 38.9 Å². The number of carbonyl (C=O) groups excluding carboxylic acids is 1. The second kappa shape index (κ2) is 15.2. The number of halogens is 2. The van der Waals surface area contributed by atoms with Crippen LogP contribution in [0.3, 0.4) is 0 Å². The van der Waals surface area contributed by atoms with E-state index >= 15 is 0 Å². The summed E-state index contributed by atoms with van der Waals surface area (Å²) < 4.78 is 20.0. The topological polar surface area (TPSA) is 152 Å². The lowest BCUT2D eigenvalue weighted by Crippen LogP contribution is -2.46. The van der Waals surface area contributed by atoms with E-state index in [1.165, 1.54) is 24.6 Å². The molecule has 0 saturated carbocycles. The number of aliphatic hydroxyl groups is 1. The average Bonchev–Trinajstić information content (AvgIpc) is 3.45. The number of carbonyl (C=O) groups is 2. The molecule has 1 unspecified atom stereocenters. The van der Waals surface area contributed by atoms with Crippen molar-refractivity contribution in [1.82, 2.24) is 14.9 Å². The van der Waals surface area contributed by atoms with Gasteiger partial charge in [0.2, 0.25) is 11.9 Å². The maximum Gasteiger partial charge on any atom is 0.290 e. The van der Waals surface area contributed by atoms with Crippen molar-refractivity contribution in [2.75, 3.05) is 54.1 Å². The Balaban J connectivity index is 0.00000154. The number of aromatic nitrogens is 2. The maximum absolute atomic E-state index is 14.2. The number of hydrogen-bond acceptors (Lipinski definition) is 10. The molecule has 246 valence electrons. The van der Waals surface area contributed by atoms with Crippen LogP contribution in [0.2, 0.25) is 5.02 Å². The molecule has 12 nitrogen and oxygen atoms in total. The third-order valence-corrected chi connectivity index (χ3v) is 8.04. The summed E-state index contributed by atoms with van der Waals surface area (Å²) in [5.41, 5.74) is 1.42. The van der Waals surface area contributed by atoms with Gasteiger partial charge in [0, 0.05) is 42.6 Å². The highest BCUT2D eigenvalue weighted by Crippen LogP contribution is 2.41. The molecular weight excluding hydrogens is 617 g/mol. The second-order valence-electron chi connectivity index (χ2n) is 11.4. The van der Waals surface area contributed by atoms with Gasteiger partial charge in [0.25, 0.3) is 6.47 Å². The number of nitrogens with zero attached hydrogens (tertiary/aromatic N) is 4. The van der Waals surface area contributed by atoms with E-state index < -0.39 is 11.4 Å². The molecule has 1 atom stereocenters. The zero-order chi connectivity index (χ0) is 33.4. The summed E-state index contributed by atoms with van der Waals surface area (Å²) in [7, 11) is 1.59. The number of hydrogen-bond donors (Lipinski definition) is 5. The molecule has 3 aromatic rings. The van der Waals surface area contributed by atoms with Crippen LogP contribution in [0.25, 0.3) is 0 Å². The normalized spacial score (nSPS) is 16.0. The van der Waals surface area contributed by atoms with Crippen molar-refractivity contribution in [3.8, 4) is 5.75 Å². The summed E-state index contributed by atoms with van der Waals surface area (Å²) in [6.45, 7) is 10.6. The second-order valence-corrected chi connectivity index (χ2v) is 11.8. The predicted molar refractivity (Wildman–Crippen MR) is 177 cm³/mol. The highest BCUT2D eigenvalue weighted by molar-refractivity contribution is 6.31. The van der Waals surface area contributed by atoms with Crippen LogP contribution >= 0.6 is 11.6 Å². The van der Waals surface area contributed by atoms with Gasteiger partial charge in [-0.2, -0.15) is 4.98 Å². The van der Waals surface area contributed by atoms with Gasteiger partial charge in [0.15, 0.2) is 0 Å². The number of amides is 1. The number of anilines is 6. The van der Waals surface area contributed by atoms with Gasteiger partial charge in [0.05, 0.1) is 34.8 Å². The highest BCUT2D eigenvalue weighted by Gasteiger charge is 2.31. The van der Waals surface area contributed by atoms with Crippen molar-refractivity contribution < 1.29 is 28.9 Å². The van der Waals surface area contributed by atoms with Crippen LogP contribution in [-0.2, 0) is 15.2 Å². The van der Waals surface area contributed by atoms with Crippen LogP contribution in [-0.4, -0.2) is 76.8 Å². The van der Waals surface area contributed by atoms with Gasteiger partial charge in [-0.15, -0.1) is 0 Å². The minimum absolute atomic E-state index is 0.0908. The summed E-state index contributed by atoms with van der Waals surface area (Å²) in [6.07, 6.45) is 6.18. The van der Waals surface area contributed by atoms with Crippen LogP contribution < -0.4 is 25.6 Å². The average molecular weight is 656 g/mol. The zero-order valence-electron chi connectivity index (χ0n) is 26.0. The van der Waals surface area contributed by atoms with Crippen LogP contribution in [0.5, 0.6) is 5.75 Å². The minimum Gasteiger partial charge on any atom is -0.494 e. The number of nitrogens with one attached hydrogen (secondary N) is 3. The molecular formula is C32H39ClFN7O5. The largest absolute Gasteiger partial charge is 0.494 e. The first-order valence-electron chi connectivity index (χ1n) is 14.8. The molecule has 2 saturated heterocycles. The van der Waals surface area contributed by atoms with Gasteiger partial charge < -0.3 is 40.7 Å². The van der Waals surface area contributed by atoms with Crippen molar-refractivity contribution in [1.29, 1.82) is 0 Å². The molecule has 14 heteroatoms. The third-order valence-electron chi connectivity index (χ3n) is 7.75. The fraction of sp³-hybridized carbons (Fsp3) is 0.375. The third kappa shape index (κ3) is 8.42. The number of methoxy groups -OCH3 is 1. The first-order valence-corrected chi connectivity index (χ1v) is 15.2. The smallest absolute Gasteiger partial charge is 0.290 e. The molecule has 2 aliphatic heterocycles.